The highest BCUT2D eigenvalue weighted by Crippen LogP contribution is 2.37. The number of hydrogen-bond acceptors (Lipinski definition) is 6. The van der Waals surface area contributed by atoms with Gasteiger partial charge in [-0.05, 0) is 58.7 Å². The summed E-state index contributed by atoms with van der Waals surface area (Å²) in [5, 5.41) is 6.30. The summed E-state index contributed by atoms with van der Waals surface area (Å²) in [5.74, 6) is -1.01. The first kappa shape index (κ1) is 25.7. The Balaban J connectivity index is 1.67. The zero-order valence-corrected chi connectivity index (χ0v) is 20.6. The summed E-state index contributed by atoms with van der Waals surface area (Å²) in [6.07, 6.45) is 1.35. The summed E-state index contributed by atoms with van der Waals surface area (Å²) in [4.78, 5) is 24.3. The van der Waals surface area contributed by atoms with Gasteiger partial charge in [-0.3, -0.25) is 9.59 Å². The van der Waals surface area contributed by atoms with Gasteiger partial charge in [0, 0.05) is 5.56 Å². The van der Waals surface area contributed by atoms with E-state index in [1.165, 1.54) is 19.4 Å². The van der Waals surface area contributed by atoms with Crippen LogP contribution in [0, 0.1) is 5.82 Å². The molecule has 3 aromatic rings. The second-order valence-corrected chi connectivity index (χ2v) is 7.85. The molecular weight excluding hydrogens is 521 g/mol. The van der Waals surface area contributed by atoms with Gasteiger partial charge in [0.15, 0.2) is 11.5 Å². The van der Waals surface area contributed by atoms with Gasteiger partial charge in [0.2, 0.25) is 0 Å². The van der Waals surface area contributed by atoms with Gasteiger partial charge in [-0.15, -0.1) is 0 Å². The number of carbonyl (C=O) groups excluding carboxylic acids is 2. The van der Waals surface area contributed by atoms with Gasteiger partial charge in [0.1, 0.15) is 18.2 Å². The fourth-order valence-corrected chi connectivity index (χ4v) is 3.55. The maximum atomic E-state index is 13.9. The van der Waals surface area contributed by atoms with E-state index in [1.54, 1.807) is 54.6 Å². The Labute approximate surface area is 210 Å². The van der Waals surface area contributed by atoms with Crippen LogP contribution in [0.3, 0.4) is 0 Å². The van der Waals surface area contributed by atoms with Crippen molar-refractivity contribution in [3.63, 3.8) is 0 Å². The number of nitrogens with zero attached hydrogens (tertiary/aromatic N) is 1. The summed E-state index contributed by atoms with van der Waals surface area (Å²) in [5.41, 5.74) is 3.50. The molecule has 0 atom stereocenters. The number of carbonyl (C=O) groups is 2. The number of hydrazone groups is 1. The number of methoxy groups -OCH3 is 1. The first-order valence-corrected chi connectivity index (χ1v) is 11.3. The fraction of sp³-hybridized carbons (Fsp3) is 0.160. The van der Waals surface area contributed by atoms with Crippen LogP contribution in [-0.2, 0) is 16.2 Å². The molecule has 0 aliphatic rings. The maximum absolute atomic E-state index is 13.9. The van der Waals surface area contributed by atoms with E-state index in [2.05, 4.69) is 31.8 Å². The van der Waals surface area contributed by atoms with Crippen LogP contribution in [0.25, 0.3) is 0 Å². The van der Waals surface area contributed by atoms with E-state index < -0.39 is 11.8 Å². The molecule has 0 aromatic heterocycles. The van der Waals surface area contributed by atoms with E-state index in [4.69, 9.17) is 14.2 Å². The van der Waals surface area contributed by atoms with Crippen molar-refractivity contribution in [2.24, 2.45) is 5.10 Å². The number of hydrogen-bond donors (Lipinski definition) is 2. The van der Waals surface area contributed by atoms with Gasteiger partial charge >= 0.3 is 11.8 Å². The molecule has 0 saturated carbocycles. The molecule has 2 N–H and O–H groups in total. The lowest BCUT2D eigenvalue weighted by molar-refractivity contribution is -0.136. The lowest BCUT2D eigenvalue weighted by Gasteiger charge is -2.15. The zero-order valence-electron chi connectivity index (χ0n) is 19.0. The SMILES string of the molecule is CCOc1cc(C=NNC(=O)C(=O)Nc2ccccc2OC)cc(Br)c1OCc1ccccc1F. The van der Waals surface area contributed by atoms with E-state index in [0.29, 0.717) is 45.1 Å². The van der Waals surface area contributed by atoms with Gasteiger partial charge < -0.3 is 19.5 Å². The van der Waals surface area contributed by atoms with E-state index in [1.807, 2.05) is 6.92 Å². The molecule has 0 aliphatic heterocycles. The number of benzene rings is 3. The molecule has 0 aliphatic carbocycles. The van der Waals surface area contributed by atoms with Crippen molar-refractivity contribution in [2.45, 2.75) is 13.5 Å². The van der Waals surface area contributed by atoms with Crippen molar-refractivity contribution in [1.82, 2.24) is 5.43 Å². The van der Waals surface area contributed by atoms with Crippen molar-refractivity contribution in [2.75, 3.05) is 19.0 Å². The van der Waals surface area contributed by atoms with Gasteiger partial charge in [-0.2, -0.15) is 5.10 Å². The topological polar surface area (TPSA) is 98.2 Å². The predicted octanol–water partition coefficient (Wildman–Crippen LogP) is 4.66. The Morgan fingerprint density at radius 1 is 1.03 bits per heavy atom. The monoisotopic (exact) mass is 543 g/mol. The number of rotatable bonds is 9. The lowest BCUT2D eigenvalue weighted by atomic mass is 10.2. The number of para-hydroxylation sites is 2. The van der Waals surface area contributed by atoms with Crippen LogP contribution in [0.4, 0.5) is 10.1 Å². The second kappa shape index (κ2) is 12.5. The molecule has 182 valence electrons. The Hall–Kier alpha value is -3.92. The third-order valence-electron chi connectivity index (χ3n) is 4.60. The first-order valence-electron chi connectivity index (χ1n) is 10.5. The molecule has 0 saturated heterocycles. The molecule has 3 rings (SSSR count). The minimum absolute atomic E-state index is 0.0101. The number of nitrogens with one attached hydrogen (secondary N) is 2. The summed E-state index contributed by atoms with van der Waals surface area (Å²) in [6, 6.07) is 16.4. The van der Waals surface area contributed by atoms with E-state index in [9.17, 15) is 14.0 Å². The van der Waals surface area contributed by atoms with Crippen molar-refractivity contribution in [3.8, 4) is 17.2 Å². The smallest absolute Gasteiger partial charge is 0.329 e. The van der Waals surface area contributed by atoms with Gasteiger partial charge in [0.05, 0.1) is 30.1 Å². The van der Waals surface area contributed by atoms with E-state index in [0.717, 1.165) is 0 Å². The Morgan fingerprint density at radius 2 is 1.77 bits per heavy atom. The largest absolute Gasteiger partial charge is 0.495 e. The molecule has 8 nitrogen and oxygen atoms in total. The Morgan fingerprint density at radius 3 is 2.51 bits per heavy atom. The van der Waals surface area contributed by atoms with Crippen LogP contribution >= 0.6 is 15.9 Å². The molecule has 0 heterocycles. The van der Waals surface area contributed by atoms with Crippen molar-refractivity contribution < 1.29 is 28.2 Å². The summed E-state index contributed by atoms with van der Waals surface area (Å²) < 4.78 is 31.1. The van der Waals surface area contributed by atoms with Gasteiger partial charge in [0.25, 0.3) is 0 Å². The Bertz CT molecular complexity index is 1240. The second-order valence-electron chi connectivity index (χ2n) is 7.00. The van der Waals surface area contributed by atoms with Gasteiger partial charge in [-0.1, -0.05) is 30.3 Å². The fourth-order valence-electron chi connectivity index (χ4n) is 2.97. The molecule has 35 heavy (non-hydrogen) atoms. The highest BCUT2D eigenvalue weighted by Gasteiger charge is 2.16. The van der Waals surface area contributed by atoms with Crippen molar-refractivity contribution in [3.05, 3.63) is 82.1 Å². The number of anilines is 1. The minimum Gasteiger partial charge on any atom is -0.495 e. The molecule has 0 spiro atoms. The highest BCUT2D eigenvalue weighted by molar-refractivity contribution is 9.10. The van der Waals surface area contributed by atoms with Gasteiger partial charge in [-0.25, -0.2) is 9.82 Å². The average molecular weight is 544 g/mol. The van der Waals surface area contributed by atoms with Crippen LogP contribution in [-0.4, -0.2) is 31.7 Å². The zero-order chi connectivity index (χ0) is 25.2. The molecular formula is C25H23BrFN3O5. The molecule has 0 radical (unpaired) electrons. The molecule has 0 unspecified atom stereocenters. The number of amides is 2. The minimum atomic E-state index is -0.957. The average Bonchev–Trinajstić information content (AvgIpc) is 2.85. The maximum Gasteiger partial charge on any atom is 0.329 e. The highest BCUT2D eigenvalue weighted by atomic mass is 79.9. The summed E-state index contributed by atoms with van der Waals surface area (Å²) >= 11 is 3.43. The van der Waals surface area contributed by atoms with E-state index in [-0.39, 0.29) is 12.4 Å². The third kappa shape index (κ3) is 7.03. The van der Waals surface area contributed by atoms with Crippen LogP contribution in [0.1, 0.15) is 18.1 Å². The quantitative estimate of drug-likeness (QED) is 0.232. The third-order valence-corrected chi connectivity index (χ3v) is 5.19. The lowest BCUT2D eigenvalue weighted by Crippen LogP contribution is -2.32. The first-order chi connectivity index (χ1) is 16.9. The van der Waals surface area contributed by atoms with E-state index >= 15 is 0 Å². The number of halogens is 2. The summed E-state index contributed by atoms with van der Waals surface area (Å²) in [6.45, 7) is 2.19. The van der Waals surface area contributed by atoms with Crippen LogP contribution in [0.5, 0.6) is 17.2 Å². The molecule has 0 fully saturated rings. The molecule has 3 aromatic carbocycles. The normalized spacial score (nSPS) is 10.6. The Kier molecular flexibility index (Phi) is 9.19. The predicted molar refractivity (Wildman–Crippen MR) is 133 cm³/mol. The standard InChI is InChI=1S/C25H23BrFN3O5/c1-3-34-22-13-16(12-18(26)23(22)35-15-17-8-4-5-9-19(17)27)14-28-30-25(32)24(31)29-20-10-6-7-11-21(20)33-2/h4-14H,3,15H2,1-2H3,(H,29,31)(H,30,32). The van der Waals surface area contributed by atoms with Crippen LogP contribution in [0.15, 0.2) is 70.2 Å². The number of ether oxygens (including phenoxy) is 3. The molecule has 0 bridgehead atoms. The van der Waals surface area contributed by atoms with Crippen molar-refractivity contribution in [1.29, 1.82) is 0 Å². The molecule has 10 heteroatoms. The molecule has 2 amide bonds. The van der Waals surface area contributed by atoms with Crippen LogP contribution < -0.4 is 25.0 Å². The van der Waals surface area contributed by atoms with Crippen molar-refractivity contribution >= 4 is 39.6 Å². The van der Waals surface area contributed by atoms with Crippen LogP contribution in [0.2, 0.25) is 0 Å². The summed E-state index contributed by atoms with van der Waals surface area (Å²) in [7, 11) is 1.46.